The third-order valence-electron chi connectivity index (χ3n) is 4.64. The van der Waals surface area contributed by atoms with E-state index in [9.17, 15) is 0 Å². The summed E-state index contributed by atoms with van der Waals surface area (Å²) >= 11 is 1.71. The number of hydrogen-bond donors (Lipinski definition) is 2. The first-order chi connectivity index (χ1) is 12.0. The van der Waals surface area contributed by atoms with Gasteiger partial charge in [0.25, 0.3) is 0 Å². The second-order valence-electron chi connectivity index (χ2n) is 7.09. The number of halogens is 1. The molecule has 0 saturated carbocycles. The average molecular weight is 494 g/mol. The van der Waals surface area contributed by atoms with Crippen LogP contribution in [0.1, 0.15) is 30.7 Å². The van der Waals surface area contributed by atoms with Gasteiger partial charge in [-0.15, -0.1) is 35.3 Å². The van der Waals surface area contributed by atoms with Crippen molar-refractivity contribution < 1.29 is 0 Å². The van der Waals surface area contributed by atoms with Crippen LogP contribution in [0.2, 0.25) is 0 Å². The van der Waals surface area contributed by atoms with Crippen LogP contribution in [0.5, 0.6) is 0 Å². The normalized spacial score (nSPS) is 17.8. The molecule has 0 aliphatic carbocycles. The van der Waals surface area contributed by atoms with Crippen molar-refractivity contribution in [2.24, 2.45) is 10.9 Å². The molecule has 26 heavy (non-hydrogen) atoms. The Morgan fingerprint density at radius 1 is 1.27 bits per heavy atom. The summed E-state index contributed by atoms with van der Waals surface area (Å²) in [6, 6.07) is 0.527. The summed E-state index contributed by atoms with van der Waals surface area (Å²) in [6.07, 6.45) is 1.91. The molecule has 1 aromatic rings. The van der Waals surface area contributed by atoms with Gasteiger partial charge in [0.15, 0.2) is 5.96 Å². The van der Waals surface area contributed by atoms with Gasteiger partial charge in [-0.3, -0.25) is 4.90 Å². The molecule has 1 fully saturated rings. The molecule has 6 nitrogen and oxygen atoms in total. The number of nitrogens with one attached hydrogen (secondary N) is 2. The van der Waals surface area contributed by atoms with Crippen molar-refractivity contribution in [2.45, 2.75) is 40.3 Å². The summed E-state index contributed by atoms with van der Waals surface area (Å²) in [4.78, 5) is 15.4. The summed E-state index contributed by atoms with van der Waals surface area (Å²) in [5, 5.41) is 7.97. The summed E-state index contributed by atoms with van der Waals surface area (Å²) in [5.41, 5.74) is 0. The maximum atomic E-state index is 4.70. The molecule has 1 aliphatic heterocycles. The van der Waals surface area contributed by atoms with Gasteiger partial charge < -0.3 is 15.5 Å². The Balaban J connectivity index is 0.00000338. The van der Waals surface area contributed by atoms with Gasteiger partial charge in [-0.05, 0) is 26.8 Å². The molecule has 1 saturated heterocycles. The first-order valence-corrected chi connectivity index (χ1v) is 10.2. The molecule has 0 spiro atoms. The standard InChI is InChI=1S/C18H34N6S.HI/c1-6-19-18(22-13-17-20-11-15(4)25-17)21-12-16(14(2)3)24-9-7-23(5)8-10-24;/h11,14,16H,6-10,12-13H2,1-5H3,(H2,19,21,22);1H. The molecular formula is C18H35IN6S. The Kier molecular flexibility index (Phi) is 11.0. The molecular weight excluding hydrogens is 459 g/mol. The number of hydrogen-bond acceptors (Lipinski definition) is 5. The van der Waals surface area contributed by atoms with Gasteiger partial charge >= 0.3 is 0 Å². The van der Waals surface area contributed by atoms with Gasteiger partial charge in [-0.1, -0.05) is 13.8 Å². The molecule has 1 aliphatic rings. The minimum Gasteiger partial charge on any atom is -0.357 e. The molecule has 150 valence electrons. The van der Waals surface area contributed by atoms with Gasteiger partial charge in [-0.25, -0.2) is 9.98 Å². The maximum absolute atomic E-state index is 4.70. The van der Waals surface area contributed by atoms with Crippen LogP contribution >= 0.6 is 35.3 Å². The van der Waals surface area contributed by atoms with Crippen LogP contribution in [0.3, 0.4) is 0 Å². The van der Waals surface area contributed by atoms with E-state index >= 15 is 0 Å². The Hall–Kier alpha value is -0.450. The molecule has 0 radical (unpaired) electrons. The zero-order valence-corrected chi connectivity index (χ0v) is 19.9. The van der Waals surface area contributed by atoms with Crippen LogP contribution in [0, 0.1) is 12.8 Å². The number of guanidine groups is 1. The highest BCUT2D eigenvalue weighted by Gasteiger charge is 2.25. The molecule has 8 heteroatoms. The van der Waals surface area contributed by atoms with Gasteiger partial charge in [0, 0.05) is 56.4 Å². The van der Waals surface area contributed by atoms with Crippen molar-refractivity contribution >= 4 is 41.3 Å². The van der Waals surface area contributed by atoms with Crippen LogP contribution < -0.4 is 10.6 Å². The highest BCUT2D eigenvalue weighted by molar-refractivity contribution is 14.0. The summed E-state index contributed by atoms with van der Waals surface area (Å²) in [5.74, 6) is 1.50. The number of piperazine rings is 1. The van der Waals surface area contributed by atoms with E-state index in [1.165, 1.54) is 4.88 Å². The highest BCUT2D eigenvalue weighted by Crippen LogP contribution is 2.13. The fourth-order valence-electron chi connectivity index (χ4n) is 3.10. The number of thiazole rings is 1. The van der Waals surface area contributed by atoms with Crippen molar-refractivity contribution in [2.75, 3.05) is 46.3 Å². The number of nitrogens with zero attached hydrogens (tertiary/aromatic N) is 4. The quantitative estimate of drug-likeness (QED) is 0.347. The van der Waals surface area contributed by atoms with Crippen molar-refractivity contribution in [3.63, 3.8) is 0 Å². The third kappa shape index (κ3) is 7.66. The Bertz CT molecular complexity index is 540. The molecule has 2 N–H and O–H groups in total. The number of aliphatic imine (C=N–C) groups is 1. The van der Waals surface area contributed by atoms with E-state index < -0.39 is 0 Å². The van der Waals surface area contributed by atoms with Crippen molar-refractivity contribution in [3.05, 3.63) is 16.1 Å². The molecule has 0 bridgehead atoms. The van der Waals surface area contributed by atoms with E-state index in [1.54, 1.807) is 11.3 Å². The molecule has 2 heterocycles. The van der Waals surface area contributed by atoms with Gasteiger partial charge in [-0.2, -0.15) is 0 Å². The zero-order chi connectivity index (χ0) is 18.2. The highest BCUT2D eigenvalue weighted by atomic mass is 127. The van der Waals surface area contributed by atoms with Crippen LogP contribution in [0.25, 0.3) is 0 Å². The topological polar surface area (TPSA) is 55.8 Å². The molecule has 1 aromatic heterocycles. The maximum Gasteiger partial charge on any atom is 0.191 e. The Labute approximate surface area is 179 Å². The second kappa shape index (κ2) is 12.1. The minimum absolute atomic E-state index is 0. The van der Waals surface area contributed by atoms with E-state index in [-0.39, 0.29) is 24.0 Å². The second-order valence-corrected chi connectivity index (χ2v) is 8.41. The van der Waals surface area contributed by atoms with Gasteiger partial charge in [0.1, 0.15) is 5.01 Å². The van der Waals surface area contributed by atoms with E-state index in [0.29, 0.717) is 18.5 Å². The van der Waals surface area contributed by atoms with Crippen molar-refractivity contribution in [1.29, 1.82) is 0 Å². The number of rotatable bonds is 7. The van der Waals surface area contributed by atoms with Crippen molar-refractivity contribution in [1.82, 2.24) is 25.4 Å². The van der Waals surface area contributed by atoms with E-state index in [0.717, 1.165) is 50.2 Å². The summed E-state index contributed by atoms with van der Waals surface area (Å²) in [6.45, 7) is 15.8. The monoisotopic (exact) mass is 494 g/mol. The first kappa shape index (κ1) is 23.6. The van der Waals surface area contributed by atoms with E-state index in [1.807, 2.05) is 6.20 Å². The van der Waals surface area contributed by atoms with Crippen LogP contribution in [0.4, 0.5) is 0 Å². The SMILES string of the molecule is CCNC(=NCc1ncc(C)s1)NCC(C(C)C)N1CCN(C)CC1.I. The Morgan fingerprint density at radius 3 is 2.50 bits per heavy atom. The number of likely N-dealkylation sites (N-methyl/N-ethyl adjacent to an activating group) is 1. The third-order valence-corrected chi connectivity index (χ3v) is 5.54. The number of aromatic nitrogens is 1. The van der Waals surface area contributed by atoms with Crippen LogP contribution in [0.15, 0.2) is 11.2 Å². The first-order valence-electron chi connectivity index (χ1n) is 9.35. The lowest BCUT2D eigenvalue weighted by Crippen LogP contribution is -2.55. The van der Waals surface area contributed by atoms with Crippen LogP contribution in [-0.4, -0.2) is 73.1 Å². The summed E-state index contributed by atoms with van der Waals surface area (Å²) < 4.78 is 0. The molecule has 1 atom stereocenters. The van der Waals surface area contributed by atoms with E-state index in [4.69, 9.17) is 4.99 Å². The fourth-order valence-corrected chi connectivity index (χ4v) is 3.82. The lowest BCUT2D eigenvalue weighted by molar-refractivity contribution is 0.0900. The summed E-state index contributed by atoms with van der Waals surface area (Å²) in [7, 11) is 2.20. The predicted octanol–water partition coefficient (Wildman–Crippen LogP) is 2.40. The molecule has 0 amide bonds. The predicted molar refractivity (Wildman–Crippen MR) is 123 cm³/mol. The average Bonchev–Trinajstić information content (AvgIpc) is 2.99. The molecule has 1 unspecified atom stereocenters. The van der Waals surface area contributed by atoms with E-state index in [2.05, 4.69) is 60.2 Å². The Morgan fingerprint density at radius 2 is 1.96 bits per heavy atom. The van der Waals surface area contributed by atoms with Gasteiger partial charge in [0.05, 0.1) is 6.54 Å². The lowest BCUT2D eigenvalue weighted by Gasteiger charge is -2.40. The van der Waals surface area contributed by atoms with Crippen LogP contribution in [-0.2, 0) is 6.54 Å². The zero-order valence-electron chi connectivity index (χ0n) is 16.8. The minimum atomic E-state index is 0. The number of aryl methyl sites for hydroxylation is 1. The van der Waals surface area contributed by atoms with Crippen molar-refractivity contribution in [3.8, 4) is 0 Å². The largest absolute Gasteiger partial charge is 0.357 e. The lowest BCUT2D eigenvalue weighted by atomic mass is 10.0. The smallest absolute Gasteiger partial charge is 0.191 e. The van der Waals surface area contributed by atoms with Gasteiger partial charge in [0.2, 0.25) is 0 Å². The molecule has 2 rings (SSSR count). The molecule has 0 aromatic carbocycles. The fraction of sp³-hybridized carbons (Fsp3) is 0.778.